The molecule has 1 aromatic heterocycles. The summed E-state index contributed by atoms with van der Waals surface area (Å²) in [4.78, 5) is 4.33. The third kappa shape index (κ3) is 2.80. The highest BCUT2D eigenvalue weighted by Gasteiger charge is 2.10. The first-order chi connectivity index (χ1) is 9.26. The lowest BCUT2D eigenvalue weighted by Gasteiger charge is -2.10. The number of allylic oxidation sites excluding steroid dienone is 1. The predicted molar refractivity (Wildman–Crippen MR) is 74.5 cm³/mol. The second kappa shape index (κ2) is 5.83. The van der Waals surface area contributed by atoms with Crippen molar-refractivity contribution in [3.05, 3.63) is 65.5 Å². The largest absolute Gasteiger partial charge is 0.497 e. The lowest BCUT2D eigenvalue weighted by Crippen LogP contribution is -1.95. The summed E-state index contributed by atoms with van der Waals surface area (Å²) in [6, 6.07) is 15.5. The van der Waals surface area contributed by atoms with Crippen LogP contribution >= 0.6 is 0 Å². The third-order valence-corrected chi connectivity index (χ3v) is 2.82. The molecule has 94 valence electrons. The Kier molecular flexibility index (Phi) is 3.94. The van der Waals surface area contributed by atoms with Crippen molar-refractivity contribution in [3.8, 4) is 11.8 Å². The highest BCUT2D eigenvalue weighted by molar-refractivity contribution is 5.82. The summed E-state index contributed by atoms with van der Waals surface area (Å²) in [7, 11) is 1.63. The number of nitriles is 1. The van der Waals surface area contributed by atoms with Gasteiger partial charge < -0.3 is 4.74 Å². The highest BCUT2D eigenvalue weighted by Crippen LogP contribution is 2.27. The Morgan fingerprint density at radius 3 is 2.68 bits per heavy atom. The Morgan fingerprint density at radius 2 is 2.05 bits per heavy atom. The molecular weight excluding hydrogens is 236 g/mol. The average Bonchev–Trinajstić information content (AvgIpc) is 2.48. The maximum absolute atomic E-state index is 9.19. The summed E-state index contributed by atoms with van der Waals surface area (Å²) in [5.74, 6) is 0.761. The van der Waals surface area contributed by atoms with Crippen molar-refractivity contribution < 1.29 is 4.74 Å². The van der Waals surface area contributed by atoms with Crippen molar-refractivity contribution >= 4 is 5.57 Å². The lowest BCUT2D eigenvalue weighted by atomic mass is 9.97. The molecule has 2 aromatic rings. The van der Waals surface area contributed by atoms with Crippen LogP contribution in [0.4, 0.5) is 0 Å². The molecule has 0 aliphatic carbocycles. The van der Waals surface area contributed by atoms with Gasteiger partial charge in [0.15, 0.2) is 0 Å². The Bertz CT molecular complexity index is 639. The Balaban J connectivity index is 2.61. The zero-order chi connectivity index (χ0) is 13.7. The molecule has 0 atom stereocenters. The molecule has 0 saturated heterocycles. The van der Waals surface area contributed by atoms with Crippen molar-refractivity contribution in [3.63, 3.8) is 0 Å². The molecule has 0 aliphatic heterocycles. The van der Waals surface area contributed by atoms with E-state index in [1.807, 2.05) is 42.5 Å². The van der Waals surface area contributed by atoms with Crippen LogP contribution < -0.4 is 4.74 Å². The van der Waals surface area contributed by atoms with Crippen molar-refractivity contribution in [1.29, 1.82) is 5.26 Å². The molecule has 0 aliphatic rings. The van der Waals surface area contributed by atoms with Gasteiger partial charge in [0.05, 0.1) is 18.9 Å². The van der Waals surface area contributed by atoms with Gasteiger partial charge in [-0.15, -0.1) is 0 Å². The van der Waals surface area contributed by atoms with Crippen LogP contribution in [0.2, 0.25) is 0 Å². The molecule has 0 amide bonds. The molecule has 19 heavy (non-hydrogen) atoms. The fraction of sp³-hybridized carbons (Fsp3) is 0.125. The van der Waals surface area contributed by atoms with Crippen molar-refractivity contribution in [2.75, 3.05) is 7.11 Å². The number of hydrogen-bond acceptors (Lipinski definition) is 3. The smallest absolute Gasteiger partial charge is 0.119 e. The van der Waals surface area contributed by atoms with Gasteiger partial charge in [0, 0.05) is 17.3 Å². The van der Waals surface area contributed by atoms with Crippen molar-refractivity contribution in [2.24, 2.45) is 0 Å². The first-order valence-corrected chi connectivity index (χ1v) is 5.93. The lowest BCUT2D eigenvalue weighted by molar-refractivity contribution is 0.414. The topological polar surface area (TPSA) is 45.9 Å². The van der Waals surface area contributed by atoms with Crippen LogP contribution in [-0.2, 0) is 0 Å². The number of hydrogen-bond donors (Lipinski definition) is 0. The predicted octanol–water partition coefficient (Wildman–Crippen LogP) is 3.44. The maximum Gasteiger partial charge on any atom is 0.119 e. The maximum atomic E-state index is 9.19. The number of benzene rings is 1. The van der Waals surface area contributed by atoms with E-state index < -0.39 is 0 Å². The van der Waals surface area contributed by atoms with E-state index in [0.717, 1.165) is 22.6 Å². The standard InChI is InChI=1S/C16H14N2O/c1-12(11-17)16(15-8-3-4-9-18-15)13-6-5-7-14(10-13)19-2/h3-10H,1-2H3. The molecule has 2 rings (SSSR count). The monoisotopic (exact) mass is 250 g/mol. The Labute approximate surface area is 112 Å². The van der Waals surface area contributed by atoms with E-state index in [0.29, 0.717) is 5.57 Å². The van der Waals surface area contributed by atoms with E-state index in [4.69, 9.17) is 4.74 Å². The van der Waals surface area contributed by atoms with Crippen molar-refractivity contribution in [1.82, 2.24) is 4.98 Å². The number of nitrogens with zero attached hydrogens (tertiary/aromatic N) is 2. The van der Waals surface area contributed by atoms with Gasteiger partial charge in [0.1, 0.15) is 5.75 Å². The van der Waals surface area contributed by atoms with Crippen LogP contribution in [0.5, 0.6) is 5.75 Å². The van der Waals surface area contributed by atoms with E-state index in [1.165, 1.54) is 0 Å². The molecule has 0 bridgehead atoms. The van der Waals surface area contributed by atoms with Crippen LogP contribution in [0.25, 0.3) is 5.57 Å². The van der Waals surface area contributed by atoms with Crippen LogP contribution in [0.3, 0.4) is 0 Å². The first kappa shape index (κ1) is 12.8. The minimum absolute atomic E-state index is 0.631. The summed E-state index contributed by atoms with van der Waals surface area (Å²) in [6.45, 7) is 1.80. The zero-order valence-electron chi connectivity index (χ0n) is 10.9. The fourth-order valence-corrected chi connectivity index (χ4v) is 1.90. The number of aromatic nitrogens is 1. The number of methoxy groups -OCH3 is 1. The van der Waals surface area contributed by atoms with Crippen LogP contribution in [0.15, 0.2) is 54.2 Å². The second-order valence-corrected chi connectivity index (χ2v) is 4.06. The number of ether oxygens (including phenoxy) is 1. The van der Waals surface area contributed by atoms with Gasteiger partial charge in [-0.3, -0.25) is 4.98 Å². The van der Waals surface area contributed by atoms with Gasteiger partial charge in [0.25, 0.3) is 0 Å². The quantitative estimate of drug-likeness (QED) is 0.784. The van der Waals surface area contributed by atoms with Gasteiger partial charge >= 0.3 is 0 Å². The van der Waals surface area contributed by atoms with Gasteiger partial charge in [-0.25, -0.2) is 0 Å². The van der Waals surface area contributed by atoms with Crippen molar-refractivity contribution in [2.45, 2.75) is 6.92 Å². The van der Waals surface area contributed by atoms with Gasteiger partial charge in [0.2, 0.25) is 0 Å². The van der Waals surface area contributed by atoms with E-state index in [2.05, 4.69) is 11.1 Å². The van der Waals surface area contributed by atoms with Gasteiger partial charge in [-0.1, -0.05) is 18.2 Å². The molecule has 1 heterocycles. The molecule has 0 spiro atoms. The van der Waals surface area contributed by atoms with E-state index in [-0.39, 0.29) is 0 Å². The summed E-state index contributed by atoms with van der Waals surface area (Å²) in [5, 5.41) is 9.19. The van der Waals surface area contributed by atoms with E-state index >= 15 is 0 Å². The molecule has 0 saturated carbocycles. The number of pyridine rings is 1. The minimum Gasteiger partial charge on any atom is -0.497 e. The molecule has 3 nitrogen and oxygen atoms in total. The molecule has 0 fully saturated rings. The molecular formula is C16H14N2O. The van der Waals surface area contributed by atoms with Crippen LogP contribution in [-0.4, -0.2) is 12.1 Å². The molecule has 0 radical (unpaired) electrons. The highest BCUT2D eigenvalue weighted by atomic mass is 16.5. The fourth-order valence-electron chi connectivity index (χ4n) is 1.90. The van der Waals surface area contributed by atoms with E-state index in [9.17, 15) is 5.26 Å². The molecule has 0 N–H and O–H groups in total. The number of rotatable bonds is 3. The van der Waals surface area contributed by atoms with Crippen LogP contribution in [0, 0.1) is 11.3 Å². The Morgan fingerprint density at radius 1 is 1.21 bits per heavy atom. The van der Waals surface area contributed by atoms with Gasteiger partial charge in [-0.2, -0.15) is 5.26 Å². The molecule has 3 heteroatoms. The first-order valence-electron chi connectivity index (χ1n) is 5.93. The average molecular weight is 250 g/mol. The normalized spacial score (nSPS) is 11.4. The second-order valence-electron chi connectivity index (χ2n) is 4.06. The van der Waals surface area contributed by atoms with Gasteiger partial charge in [-0.05, 0) is 36.8 Å². The molecule has 0 unspecified atom stereocenters. The summed E-state index contributed by atoms with van der Waals surface area (Å²) < 4.78 is 5.23. The minimum atomic E-state index is 0.631. The SMILES string of the molecule is COc1cccc(C(=C(C)C#N)c2ccccn2)c1. The third-order valence-electron chi connectivity index (χ3n) is 2.82. The Hall–Kier alpha value is -2.60. The summed E-state index contributed by atoms with van der Waals surface area (Å²) >= 11 is 0. The molecule has 1 aromatic carbocycles. The van der Waals surface area contributed by atoms with E-state index in [1.54, 1.807) is 20.2 Å². The summed E-state index contributed by atoms with van der Waals surface area (Å²) in [6.07, 6.45) is 1.72. The zero-order valence-corrected chi connectivity index (χ0v) is 10.9. The summed E-state index contributed by atoms with van der Waals surface area (Å²) in [5.41, 5.74) is 3.18. The van der Waals surface area contributed by atoms with Crippen LogP contribution in [0.1, 0.15) is 18.2 Å².